The molecule has 0 aromatic heterocycles. The molecular weight excluding hydrogens is 424 g/mol. The molecule has 1 heteroatoms. The average Bonchev–Trinajstić information content (AvgIpc) is 2.87. The molecule has 0 saturated carbocycles. The Balaban J connectivity index is 1.73. The highest BCUT2D eigenvalue weighted by molar-refractivity contribution is 5.88. The minimum absolute atomic E-state index is 0.593. The molecule has 2 aromatic carbocycles. The van der Waals surface area contributed by atoms with Gasteiger partial charge in [-0.05, 0) is 48.1 Å². The Hall–Kier alpha value is -1.50. The van der Waals surface area contributed by atoms with E-state index in [0.717, 1.165) is 12.8 Å². The summed E-state index contributed by atoms with van der Waals surface area (Å²) in [5, 5.41) is 13.7. The standard InChI is InChI=1S/C34H56O/c1-3-5-7-9-11-13-15-17-19-21-26-31-29-30-25-23-24-27-32(30)33(34(31)35)28-22-20-18-16-14-12-10-8-6-4-2/h23-25,27,29,35H,3-22,26,28H2,1-2H3. The Kier molecular flexibility index (Phi) is 16.7. The molecule has 0 aliphatic carbocycles. The van der Waals surface area contributed by atoms with Crippen molar-refractivity contribution in [3.8, 4) is 5.75 Å². The molecule has 0 atom stereocenters. The molecule has 198 valence electrons. The van der Waals surface area contributed by atoms with Gasteiger partial charge in [0.25, 0.3) is 0 Å². The second-order valence-electron chi connectivity index (χ2n) is 10.9. The lowest BCUT2D eigenvalue weighted by Crippen LogP contribution is -1.95. The van der Waals surface area contributed by atoms with Crippen LogP contribution in [0.15, 0.2) is 30.3 Å². The average molecular weight is 481 g/mol. The fraction of sp³-hybridized carbons (Fsp3) is 0.706. The Bertz CT molecular complexity index is 777. The second-order valence-corrected chi connectivity index (χ2v) is 10.9. The van der Waals surface area contributed by atoms with Gasteiger partial charge in [0.1, 0.15) is 5.75 Å². The zero-order chi connectivity index (χ0) is 25.0. The summed E-state index contributed by atoms with van der Waals surface area (Å²) in [5.74, 6) is 0.593. The number of rotatable bonds is 22. The second kappa shape index (κ2) is 19.7. The SMILES string of the molecule is CCCCCCCCCCCCc1cc2ccccc2c(CCCCCCCCCCCC)c1O. The molecule has 0 fully saturated rings. The maximum absolute atomic E-state index is 11.2. The van der Waals surface area contributed by atoms with Gasteiger partial charge in [-0.3, -0.25) is 0 Å². The summed E-state index contributed by atoms with van der Waals surface area (Å²) in [6, 6.07) is 10.9. The van der Waals surface area contributed by atoms with Gasteiger partial charge in [-0.2, -0.15) is 0 Å². The van der Waals surface area contributed by atoms with Crippen LogP contribution in [0.2, 0.25) is 0 Å². The molecule has 0 aliphatic rings. The number of hydrogen-bond acceptors (Lipinski definition) is 1. The van der Waals surface area contributed by atoms with E-state index < -0.39 is 0 Å². The number of hydrogen-bond donors (Lipinski definition) is 1. The van der Waals surface area contributed by atoms with Crippen molar-refractivity contribution in [2.45, 2.75) is 155 Å². The lowest BCUT2D eigenvalue weighted by Gasteiger charge is -2.14. The molecule has 0 spiro atoms. The van der Waals surface area contributed by atoms with Crippen molar-refractivity contribution >= 4 is 10.8 Å². The highest BCUT2D eigenvalue weighted by Gasteiger charge is 2.12. The van der Waals surface area contributed by atoms with Gasteiger partial charge in [0.15, 0.2) is 0 Å². The van der Waals surface area contributed by atoms with E-state index in [-0.39, 0.29) is 0 Å². The van der Waals surface area contributed by atoms with Crippen LogP contribution in [0.1, 0.15) is 153 Å². The van der Waals surface area contributed by atoms with Crippen LogP contribution in [0.5, 0.6) is 5.75 Å². The van der Waals surface area contributed by atoms with Crippen molar-refractivity contribution in [3.05, 3.63) is 41.5 Å². The van der Waals surface area contributed by atoms with Crippen molar-refractivity contribution in [2.24, 2.45) is 0 Å². The van der Waals surface area contributed by atoms with Crippen molar-refractivity contribution in [1.29, 1.82) is 0 Å². The molecule has 1 N–H and O–H groups in total. The Morgan fingerprint density at radius 3 is 1.46 bits per heavy atom. The minimum atomic E-state index is 0.593. The van der Waals surface area contributed by atoms with Crippen LogP contribution >= 0.6 is 0 Å². The van der Waals surface area contributed by atoms with E-state index in [1.165, 1.54) is 150 Å². The van der Waals surface area contributed by atoms with Crippen LogP contribution in [0.25, 0.3) is 10.8 Å². The highest BCUT2D eigenvalue weighted by Crippen LogP contribution is 2.34. The van der Waals surface area contributed by atoms with E-state index in [0.29, 0.717) is 5.75 Å². The third-order valence-corrected chi connectivity index (χ3v) is 7.79. The fourth-order valence-corrected chi connectivity index (χ4v) is 5.51. The smallest absolute Gasteiger partial charge is 0.122 e. The lowest BCUT2D eigenvalue weighted by atomic mass is 9.93. The van der Waals surface area contributed by atoms with E-state index >= 15 is 0 Å². The van der Waals surface area contributed by atoms with Gasteiger partial charge >= 0.3 is 0 Å². The first kappa shape index (κ1) is 29.7. The minimum Gasteiger partial charge on any atom is -0.507 e. The summed E-state index contributed by atoms with van der Waals surface area (Å²) >= 11 is 0. The molecule has 1 nitrogen and oxygen atoms in total. The number of aryl methyl sites for hydroxylation is 2. The Morgan fingerprint density at radius 1 is 0.514 bits per heavy atom. The summed E-state index contributed by atoms with van der Waals surface area (Å²) in [7, 11) is 0. The molecule has 0 aliphatic heterocycles. The van der Waals surface area contributed by atoms with Crippen LogP contribution in [-0.2, 0) is 12.8 Å². The predicted octanol–water partition coefficient (Wildman–Crippen LogP) is 11.5. The van der Waals surface area contributed by atoms with Crippen molar-refractivity contribution in [3.63, 3.8) is 0 Å². The monoisotopic (exact) mass is 480 g/mol. The largest absolute Gasteiger partial charge is 0.507 e. The van der Waals surface area contributed by atoms with Gasteiger partial charge in [0, 0.05) is 5.56 Å². The first-order chi connectivity index (χ1) is 17.3. The summed E-state index contributed by atoms with van der Waals surface area (Å²) in [5.41, 5.74) is 2.37. The number of phenols is 1. The van der Waals surface area contributed by atoms with Crippen LogP contribution < -0.4 is 0 Å². The maximum Gasteiger partial charge on any atom is 0.122 e. The van der Waals surface area contributed by atoms with Crippen LogP contribution in [-0.4, -0.2) is 5.11 Å². The molecule has 0 heterocycles. The fourth-order valence-electron chi connectivity index (χ4n) is 5.51. The van der Waals surface area contributed by atoms with E-state index in [1.807, 2.05) is 0 Å². The first-order valence-electron chi connectivity index (χ1n) is 15.5. The molecule has 35 heavy (non-hydrogen) atoms. The Labute approximate surface area is 218 Å². The van der Waals surface area contributed by atoms with Crippen molar-refractivity contribution < 1.29 is 5.11 Å². The predicted molar refractivity (Wildman–Crippen MR) is 157 cm³/mol. The number of phenolic OH excluding ortho intramolecular Hbond substituents is 1. The molecule has 2 aromatic rings. The van der Waals surface area contributed by atoms with Crippen molar-refractivity contribution in [2.75, 3.05) is 0 Å². The normalized spacial score (nSPS) is 11.5. The molecule has 2 rings (SSSR count). The van der Waals surface area contributed by atoms with E-state index in [2.05, 4.69) is 44.2 Å². The summed E-state index contributed by atoms with van der Waals surface area (Å²) in [4.78, 5) is 0. The third kappa shape index (κ3) is 12.3. The zero-order valence-corrected chi connectivity index (χ0v) is 23.4. The van der Waals surface area contributed by atoms with Gasteiger partial charge < -0.3 is 5.11 Å². The highest BCUT2D eigenvalue weighted by atomic mass is 16.3. The molecular formula is C34H56O. The molecule has 0 amide bonds. The zero-order valence-electron chi connectivity index (χ0n) is 23.4. The summed E-state index contributed by atoms with van der Waals surface area (Å²) in [6.07, 6.45) is 29.1. The summed E-state index contributed by atoms with van der Waals surface area (Å²) in [6.45, 7) is 4.57. The molecule has 0 unspecified atom stereocenters. The van der Waals surface area contributed by atoms with Crippen LogP contribution in [0, 0.1) is 0 Å². The first-order valence-corrected chi connectivity index (χ1v) is 15.5. The number of unbranched alkanes of at least 4 members (excludes halogenated alkanes) is 18. The quantitative estimate of drug-likeness (QED) is 0.166. The topological polar surface area (TPSA) is 20.2 Å². The lowest BCUT2D eigenvalue weighted by molar-refractivity contribution is 0.458. The maximum atomic E-state index is 11.2. The van der Waals surface area contributed by atoms with E-state index in [4.69, 9.17) is 0 Å². The van der Waals surface area contributed by atoms with E-state index in [9.17, 15) is 5.11 Å². The van der Waals surface area contributed by atoms with Gasteiger partial charge in [-0.1, -0.05) is 154 Å². The number of fused-ring (bicyclic) bond motifs is 1. The molecule has 0 saturated heterocycles. The molecule has 0 radical (unpaired) electrons. The number of benzene rings is 2. The van der Waals surface area contributed by atoms with Crippen LogP contribution in [0.4, 0.5) is 0 Å². The van der Waals surface area contributed by atoms with Gasteiger partial charge in [-0.15, -0.1) is 0 Å². The third-order valence-electron chi connectivity index (χ3n) is 7.79. The Morgan fingerprint density at radius 2 is 0.943 bits per heavy atom. The van der Waals surface area contributed by atoms with Gasteiger partial charge in [0.05, 0.1) is 0 Å². The van der Waals surface area contributed by atoms with Gasteiger partial charge in [-0.25, -0.2) is 0 Å². The molecule has 0 bridgehead atoms. The van der Waals surface area contributed by atoms with Gasteiger partial charge in [0.2, 0.25) is 0 Å². The number of aromatic hydroxyl groups is 1. The van der Waals surface area contributed by atoms with Crippen LogP contribution in [0.3, 0.4) is 0 Å². The van der Waals surface area contributed by atoms with Crippen molar-refractivity contribution in [1.82, 2.24) is 0 Å². The van der Waals surface area contributed by atoms with E-state index in [1.54, 1.807) is 0 Å². The summed E-state index contributed by atoms with van der Waals surface area (Å²) < 4.78 is 0.